The number of alkyl halides is 3. The summed E-state index contributed by atoms with van der Waals surface area (Å²) in [5.74, 6) is 0. The number of fused-ring (bicyclic) bond motifs is 1. The largest absolute Gasteiger partial charge is 0.464 e. The van der Waals surface area contributed by atoms with Crippen molar-refractivity contribution >= 4 is 42.0 Å². The van der Waals surface area contributed by atoms with Crippen LogP contribution in [0.3, 0.4) is 0 Å². The van der Waals surface area contributed by atoms with Crippen LogP contribution in [-0.2, 0) is 5.60 Å². The van der Waals surface area contributed by atoms with Crippen molar-refractivity contribution in [2.24, 2.45) is 0 Å². The summed E-state index contributed by atoms with van der Waals surface area (Å²) in [5, 5.41) is 14.2. The fraction of sp³-hybridized carbons (Fsp3) is 0.385. The third kappa shape index (κ3) is 2.81. The van der Waals surface area contributed by atoms with Gasteiger partial charge in [-0.3, -0.25) is 0 Å². The molecule has 0 aliphatic carbocycles. The van der Waals surface area contributed by atoms with Gasteiger partial charge in [-0.25, -0.2) is 4.39 Å². The van der Waals surface area contributed by atoms with Gasteiger partial charge in [0.15, 0.2) is 0 Å². The molecule has 0 bridgehead atoms. The summed E-state index contributed by atoms with van der Waals surface area (Å²) in [7, 11) is 5.39. The minimum atomic E-state index is -1.89. The molecule has 7 heteroatoms. The van der Waals surface area contributed by atoms with Crippen LogP contribution in [0.1, 0.15) is 5.56 Å². The maximum atomic E-state index is 13.5. The molecule has 2 radical (unpaired) electrons. The molecule has 1 aromatic heterocycles. The average Bonchev–Trinajstić information content (AvgIpc) is 2.91. The summed E-state index contributed by atoms with van der Waals surface area (Å²) in [5.41, 5.74) is -1.03. The zero-order valence-corrected chi connectivity index (χ0v) is 12.0. The fourth-order valence-corrected chi connectivity index (χ4v) is 2.75. The number of furan rings is 1. The minimum Gasteiger partial charge on any atom is -0.464 e. The van der Waals surface area contributed by atoms with Crippen molar-refractivity contribution in [3.8, 4) is 0 Å². The monoisotopic (exact) mass is 315 g/mol. The highest BCUT2D eigenvalue weighted by molar-refractivity contribution is 6.44. The molecule has 2 atom stereocenters. The highest BCUT2D eigenvalue weighted by Gasteiger charge is 2.42. The Morgan fingerprint density at radius 2 is 2.15 bits per heavy atom. The van der Waals surface area contributed by atoms with E-state index in [1.807, 2.05) is 0 Å². The van der Waals surface area contributed by atoms with Crippen molar-refractivity contribution in [1.29, 1.82) is 0 Å². The Balaban J connectivity index is 2.46. The van der Waals surface area contributed by atoms with Crippen molar-refractivity contribution < 1.29 is 13.9 Å². The van der Waals surface area contributed by atoms with Gasteiger partial charge >= 0.3 is 0 Å². The Morgan fingerprint density at radius 1 is 1.40 bits per heavy atom. The second-order valence-electron chi connectivity index (χ2n) is 4.45. The molecule has 0 aliphatic heterocycles. The number of hydrogen-bond donors (Lipinski definition) is 2. The van der Waals surface area contributed by atoms with E-state index in [-0.39, 0.29) is 6.44 Å². The Kier molecular flexibility index (Phi) is 4.97. The Labute approximate surface area is 127 Å². The first-order valence-corrected chi connectivity index (χ1v) is 6.88. The Hall–Kier alpha value is -0.745. The molecule has 3 nitrogen and oxygen atoms in total. The van der Waals surface area contributed by atoms with Crippen LogP contribution in [0.4, 0.5) is 4.39 Å². The molecular formula is C13H13BCl2FNO2. The molecule has 0 spiro atoms. The SMILES string of the molecule is [B]CNC(C(Cl)Cl)C(O)(CF)c1ccc2ccoc2c1. The van der Waals surface area contributed by atoms with Crippen molar-refractivity contribution in [2.75, 3.05) is 13.1 Å². The van der Waals surface area contributed by atoms with Crippen LogP contribution in [0, 0.1) is 0 Å². The first-order chi connectivity index (χ1) is 9.52. The van der Waals surface area contributed by atoms with E-state index in [2.05, 4.69) is 5.32 Å². The smallest absolute Gasteiger partial charge is 0.136 e. The second-order valence-corrected chi connectivity index (χ2v) is 5.62. The van der Waals surface area contributed by atoms with Gasteiger partial charge in [0.1, 0.15) is 22.7 Å². The molecule has 2 N–H and O–H groups in total. The van der Waals surface area contributed by atoms with Crippen LogP contribution >= 0.6 is 23.2 Å². The first-order valence-electron chi connectivity index (χ1n) is 6.00. The van der Waals surface area contributed by atoms with Gasteiger partial charge < -0.3 is 14.8 Å². The summed E-state index contributed by atoms with van der Waals surface area (Å²) in [6, 6.07) is 5.73. The standard InChI is InChI=1S/C13H13BCl2FNO2/c14-7-18-11(12(15)16)13(19,6-17)9-2-1-8-3-4-20-10(8)5-9/h1-5,11-12,18-19H,6-7H2. The van der Waals surface area contributed by atoms with Gasteiger partial charge in [0.25, 0.3) is 0 Å². The topological polar surface area (TPSA) is 45.4 Å². The Morgan fingerprint density at radius 3 is 2.75 bits per heavy atom. The van der Waals surface area contributed by atoms with Crippen LogP contribution in [-0.4, -0.2) is 36.9 Å². The van der Waals surface area contributed by atoms with Gasteiger partial charge in [-0.05, 0) is 24.1 Å². The fourth-order valence-electron chi connectivity index (χ4n) is 2.16. The van der Waals surface area contributed by atoms with Crippen molar-refractivity contribution in [2.45, 2.75) is 16.5 Å². The van der Waals surface area contributed by atoms with E-state index in [0.717, 1.165) is 5.39 Å². The molecule has 0 aliphatic rings. The van der Waals surface area contributed by atoms with Gasteiger partial charge in [0, 0.05) is 5.39 Å². The number of nitrogens with one attached hydrogen (secondary N) is 1. The number of halogens is 3. The minimum absolute atomic E-state index is 0.00587. The molecule has 2 aromatic rings. The molecule has 0 saturated heterocycles. The zero-order valence-electron chi connectivity index (χ0n) is 10.5. The van der Waals surface area contributed by atoms with Gasteiger partial charge in [-0.15, -0.1) is 23.2 Å². The van der Waals surface area contributed by atoms with Crippen LogP contribution in [0.2, 0.25) is 0 Å². The molecule has 2 unspecified atom stereocenters. The van der Waals surface area contributed by atoms with E-state index in [1.165, 1.54) is 6.26 Å². The summed E-state index contributed by atoms with van der Waals surface area (Å²) < 4.78 is 18.8. The van der Waals surface area contributed by atoms with Crippen LogP contribution in [0.5, 0.6) is 0 Å². The summed E-state index contributed by atoms with van der Waals surface area (Å²) in [4.78, 5) is -1.04. The van der Waals surface area contributed by atoms with Crippen molar-refractivity contribution in [3.05, 3.63) is 36.1 Å². The molecule has 1 heterocycles. The summed E-state index contributed by atoms with van der Waals surface area (Å²) in [6.45, 7) is -1.06. The second kappa shape index (κ2) is 6.35. The van der Waals surface area contributed by atoms with Gasteiger partial charge in [0.2, 0.25) is 0 Å². The van der Waals surface area contributed by atoms with Crippen LogP contribution in [0.15, 0.2) is 34.9 Å². The predicted octanol–water partition coefficient (Wildman–Crippen LogP) is 2.48. The quantitative estimate of drug-likeness (QED) is 0.636. The highest BCUT2D eigenvalue weighted by Crippen LogP contribution is 2.33. The van der Waals surface area contributed by atoms with Gasteiger partial charge in [-0.2, -0.15) is 0 Å². The van der Waals surface area contributed by atoms with E-state index in [1.54, 1.807) is 24.3 Å². The lowest BCUT2D eigenvalue weighted by Crippen LogP contribution is -2.54. The molecule has 0 amide bonds. The zero-order chi connectivity index (χ0) is 14.8. The molecular weight excluding hydrogens is 303 g/mol. The predicted molar refractivity (Wildman–Crippen MR) is 79.1 cm³/mol. The van der Waals surface area contributed by atoms with Crippen molar-refractivity contribution in [3.63, 3.8) is 0 Å². The molecule has 0 fully saturated rings. The van der Waals surface area contributed by atoms with E-state index in [4.69, 9.17) is 35.5 Å². The van der Waals surface area contributed by atoms with Gasteiger partial charge in [0.05, 0.1) is 20.2 Å². The summed E-state index contributed by atoms with van der Waals surface area (Å²) in [6.07, 6.45) is 1.52. The average molecular weight is 316 g/mol. The van der Waals surface area contributed by atoms with Crippen molar-refractivity contribution in [1.82, 2.24) is 5.32 Å². The highest BCUT2D eigenvalue weighted by atomic mass is 35.5. The first kappa shape index (κ1) is 15.6. The number of benzene rings is 1. The van der Waals surface area contributed by atoms with E-state index >= 15 is 0 Å². The molecule has 20 heavy (non-hydrogen) atoms. The summed E-state index contributed by atoms with van der Waals surface area (Å²) >= 11 is 11.7. The molecule has 1 aromatic carbocycles. The third-order valence-electron chi connectivity index (χ3n) is 3.26. The Bertz CT molecular complexity index is 580. The van der Waals surface area contributed by atoms with Crippen LogP contribution in [0.25, 0.3) is 11.0 Å². The maximum absolute atomic E-state index is 13.5. The van der Waals surface area contributed by atoms with Crippen LogP contribution < -0.4 is 5.32 Å². The normalized spacial score (nSPS) is 16.4. The number of hydrogen-bond acceptors (Lipinski definition) is 3. The lowest BCUT2D eigenvalue weighted by atomic mass is 9.87. The van der Waals surface area contributed by atoms with E-state index in [9.17, 15) is 9.50 Å². The van der Waals surface area contributed by atoms with Gasteiger partial charge in [-0.1, -0.05) is 12.1 Å². The molecule has 0 saturated carbocycles. The maximum Gasteiger partial charge on any atom is 0.136 e. The molecule has 2 rings (SSSR count). The van der Waals surface area contributed by atoms with E-state index in [0.29, 0.717) is 11.1 Å². The number of rotatable bonds is 6. The number of aliphatic hydroxyl groups is 1. The lowest BCUT2D eigenvalue weighted by molar-refractivity contribution is -0.0196. The third-order valence-corrected chi connectivity index (χ3v) is 3.77. The van der Waals surface area contributed by atoms with E-state index < -0.39 is 23.2 Å². The lowest BCUT2D eigenvalue weighted by Gasteiger charge is -2.35. The molecule has 106 valence electrons.